The van der Waals surface area contributed by atoms with Gasteiger partial charge in [0.25, 0.3) is 0 Å². The molecule has 0 aliphatic heterocycles. The van der Waals surface area contributed by atoms with Gasteiger partial charge in [0.2, 0.25) is 5.78 Å². The number of nitrogens with zero attached hydrogens (tertiary/aromatic N) is 2. The highest BCUT2D eigenvalue weighted by Crippen LogP contribution is 2.25. The van der Waals surface area contributed by atoms with Crippen molar-refractivity contribution in [3.63, 3.8) is 0 Å². The highest BCUT2D eigenvalue weighted by Gasteiger charge is 2.15. The number of carbonyl (C=O) groups excluding carboxylic acids is 1. The first-order valence-corrected chi connectivity index (χ1v) is 11.2. The van der Waals surface area contributed by atoms with Crippen molar-refractivity contribution in [2.24, 2.45) is 0 Å². The van der Waals surface area contributed by atoms with E-state index >= 15 is 0 Å². The van der Waals surface area contributed by atoms with Crippen LogP contribution in [0.25, 0.3) is 16.5 Å². The maximum atomic E-state index is 13.0. The number of allylic oxidation sites excluding steroid dienone is 1. The number of aliphatic carboxylic acids is 1. The number of rotatable bonds is 9. The molecule has 2 aromatic heterocycles. The van der Waals surface area contributed by atoms with Crippen LogP contribution in [-0.2, 0) is 11.3 Å². The zero-order valence-electron chi connectivity index (χ0n) is 17.9. The summed E-state index contributed by atoms with van der Waals surface area (Å²) in [6.07, 6.45) is 6.26. The molecule has 7 heteroatoms. The van der Waals surface area contributed by atoms with Gasteiger partial charge in [0.1, 0.15) is 5.75 Å². The molecule has 0 radical (unpaired) electrons. The highest BCUT2D eigenvalue weighted by molar-refractivity contribution is 7.13. The van der Waals surface area contributed by atoms with E-state index in [0.717, 1.165) is 16.0 Å². The average Bonchev–Trinajstić information content (AvgIpc) is 3.51. The van der Waals surface area contributed by atoms with Crippen LogP contribution in [0, 0.1) is 0 Å². The molecule has 0 amide bonds. The van der Waals surface area contributed by atoms with Crippen molar-refractivity contribution in [2.75, 3.05) is 0 Å². The third-order valence-electron chi connectivity index (χ3n) is 5.00. The normalized spacial score (nSPS) is 12.0. The van der Waals surface area contributed by atoms with Crippen LogP contribution in [0.3, 0.4) is 0 Å². The largest absolute Gasteiger partial charge is 0.479 e. The molecule has 166 valence electrons. The molecule has 0 spiro atoms. The summed E-state index contributed by atoms with van der Waals surface area (Å²) in [6, 6.07) is 18.8. The smallest absolute Gasteiger partial charge is 0.344 e. The van der Waals surface area contributed by atoms with E-state index in [1.54, 1.807) is 46.5 Å². The van der Waals surface area contributed by atoms with Crippen LogP contribution in [0.15, 0.2) is 84.5 Å². The number of ether oxygens (including phenoxy) is 1. The Balaban J connectivity index is 1.43. The Morgan fingerprint density at radius 2 is 1.97 bits per heavy atom. The molecule has 0 bridgehead atoms. The van der Waals surface area contributed by atoms with Gasteiger partial charge in [-0.25, -0.2) is 9.78 Å². The highest BCUT2D eigenvalue weighted by atomic mass is 32.1. The number of ketones is 1. The Morgan fingerprint density at radius 1 is 1.15 bits per heavy atom. The molecule has 0 saturated carbocycles. The number of carboxylic acid groups (broad SMARTS) is 1. The van der Waals surface area contributed by atoms with E-state index in [2.05, 4.69) is 11.1 Å². The van der Waals surface area contributed by atoms with Gasteiger partial charge in [-0.3, -0.25) is 4.79 Å². The van der Waals surface area contributed by atoms with Crippen LogP contribution in [0.2, 0.25) is 0 Å². The van der Waals surface area contributed by atoms with Gasteiger partial charge in [-0.05, 0) is 41.6 Å². The molecule has 6 nitrogen and oxygen atoms in total. The molecule has 0 fully saturated rings. The number of carbonyl (C=O) groups is 2. The van der Waals surface area contributed by atoms with Gasteiger partial charge < -0.3 is 14.4 Å². The van der Waals surface area contributed by atoms with Crippen molar-refractivity contribution >= 4 is 29.2 Å². The second-order valence-electron chi connectivity index (χ2n) is 7.36. The van der Waals surface area contributed by atoms with E-state index in [4.69, 9.17) is 9.84 Å². The molecule has 2 heterocycles. The lowest BCUT2D eigenvalue weighted by atomic mass is 10.1. The van der Waals surface area contributed by atoms with Crippen LogP contribution < -0.4 is 4.74 Å². The number of hydrogen-bond donors (Lipinski definition) is 1. The fourth-order valence-corrected chi connectivity index (χ4v) is 4.00. The molecule has 4 aromatic rings. The Bertz CT molecular complexity index is 1270. The average molecular weight is 459 g/mol. The summed E-state index contributed by atoms with van der Waals surface area (Å²) in [7, 11) is 0. The molecular weight excluding hydrogens is 436 g/mol. The van der Waals surface area contributed by atoms with E-state index in [1.807, 2.05) is 53.9 Å². The summed E-state index contributed by atoms with van der Waals surface area (Å²) in [5.74, 6) is -0.300. The minimum absolute atomic E-state index is 0.135. The molecule has 0 saturated heterocycles. The molecule has 33 heavy (non-hydrogen) atoms. The Labute approximate surface area is 195 Å². The SMILES string of the molecule is C[C@H](Oc1cccc(/C=C/Cn2ccnc2C(=O)c2ccc(-c3cccs3)cc2)c1)C(=O)O. The summed E-state index contributed by atoms with van der Waals surface area (Å²) < 4.78 is 7.20. The van der Waals surface area contributed by atoms with Crippen molar-refractivity contribution < 1.29 is 19.4 Å². The fraction of sp³-hybridized carbons (Fsp3) is 0.115. The predicted molar refractivity (Wildman–Crippen MR) is 129 cm³/mol. The van der Waals surface area contributed by atoms with E-state index < -0.39 is 12.1 Å². The zero-order chi connectivity index (χ0) is 23.2. The first-order chi connectivity index (χ1) is 16.0. The van der Waals surface area contributed by atoms with Gasteiger partial charge in [-0.15, -0.1) is 11.3 Å². The van der Waals surface area contributed by atoms with Crippen LogP contribution >= 0.6 is 11.3 Å². The molecule has 0 unspecified atom stereocenters. The van der Waals surface area contributed by atoms with Gasteiger partial charge in [0, 0.05) is 29.4 Å². The van der Waals surface area contributed by atoms with Gasteiger partial charge in [-0.1, -0.05) is 54.6 Å². The predicted octanol–water partition coefficient (Wildman–Crippen LogP) is 5.41. The van der Waals surface area contributed by atoms with Crippen LogP contribution in [0.1, 0.15) is 28.7 Å². The third kappa shape index (κ3) is 5.45. The van der Waals surface area contributed by atoms with Crippen LogP contribution in [0.4, 0.5) is 0 Å². The summed E-state index contributed by atoms with van der Waals surface area (Å²) >= 11 is 1.66. The second kappa shape index (κ2) is 10.1. The zero-order valence-corrected chi connectivity index (χ0v) is 18.7. The van der Waals surface area contributed by atoms with Gasteiger partial charge in [-0.2, -0.15) is 0 Å². The van der Waals surface area contributed by atoms with Crippen molar-refractivity contribution in [2.45, 2.75) is 19.6 Å². The minimum atomic E-state index is -1.02. The van der Waals surface area contributed by atoms with Gasteiger partial charge in [0.15, 0.2) is 11.9 Å². The second-order valence-corrected chi connectivity index (χ2v) is 8.31. The molecule has 1 N–H and O–H groups in total. The molecule has 2 aromatic carbocycles. The van der Waals surface area contributed by atoms with Crippen LogP contribution in [0.5, 0.6) is 5.75 Å². The maximum absolute atomic E-state index is 13.0. The standard InChI is InChI=1S/C26H22N2O4S/c1-18(26(30)31)32-22-7-2-5-19(17-22)6-3-14-28-15-13-27-25(28)24(29)21-11-9-20(10-12-21)23-8-4-16-33-23/h2-13,15-18H,14H2,1H3,(H,30,31)/b6-3+/t18-/m0/s1. The third-order valence-corrected chi connectivity index (χ3v) is 5.92. The summed E-state index contributed by atoms with van der Waals surface area (Å²) in [5, 5.41) is 11.0. The minimum Gasteiger partial charge on any atom is -0.479 e. The van der Waals surface area contributed by atoms with Gasteiger partial charge in [0.05, 0.1) is 0 Å². The maximum Gasteiger partial charge on any atom is 0.344 e. The molecular formula is C26H22N2O4S. The Kier molecular flexibility index (Phi) is 6.80. The fourth-order valence-electron chi connectivity index (χ4n) is 3.27. The molecule has 4 rings (SSSR count). The Morgan fingerprint density at radius 3 is 2.70 bits per heavy atom. The summed E-state index contributed by atoms with van der Waals surface area (Å²) in [5.41, 5.74) is 2.53. The lowest BCUT2D eigenvalue weighted by Crippen LogP contribution is -2.22. The number of hydrogen-bond acceptors (Lipinski definition) is 5. The lowest BCUT2D eigenvalue weighted by molar-refractivity contribution is -0.144. The molecule has 0 aliphatic rings. The Hall–Kier alpha value is -3.97. The van der Waals surface area contributed by atoms with Crippen molar-refractivity contribution in [3.05, 3.63) is 101 Å². The van der Waals surface area contributed by atoms with E-state index in [0.29, 0.717) is 23.7 Å². The topological polar surface area (TPSA) is 81.4 Å². The van der Waals surface area contributed by atoms with E-state index in [9.17, 15) is 9.59 Å². The number of benzene rings is 2. The molecule has 0 aliphatic carbocycles. The van der Waals surface area contributed by atoms with Crippen LogP contribution in [-0.4, -0.2) is 32.5 Å². The number of carboxylic acids is 1. The van der Waals surface area contributed by atoms with Crippen molar-refractivity contribution in [1.29, 1.82) is 0 Å². The lowest BCUT2D eigenvalue weighted by Gasteiger charge is -2.10. The van der Waals surface area contributed by atoms with Gasteiger partial charge >= 0.3 is 5.97 Å². The van der Waals surface area contributed by atoms with E-state index in [-0.39, 0.29) is 5.78 Å². The first kappa shape index (κ1) is 22.2. The van der Waals surface area contributed by atoms with Crippen molar-refractivity contribution in [3.8, 4) is 16.2 Å². The van der Waals surface area contributed by atoms with E-state index in [1.165, 1.54) is 6.92 Å². The van der Waals surface area contributed by atoms with Crippen molar-refractivity contribution in [1.82, 2.24) is 9.55 Å². The molecule has 1 atom stereocenters. The quantitative estimate of drug-likeness (QED) is 0.339. The summed E-state index contributed by atoms with van der Waals surface area (Å²) in [4.78, 5) is 29.4. The number of thiophene rings is 1. The number of aromatic nitrogens is 2. The first-order valence-electron chi connectivity index (χ1n) is 10.4. The summed E-state index contributed by atoms with van der Waals surface area (Å²) in [6.45, 7) is 1.95. The monoisotopic (exact) mass is 458 g/mol. The number of imidazole rings is 1.